The highest BCUT2D eigenvalue weighted by Gasteiger charge is 2.14. The van der Waals surface area contributed by atoms with Crippen molar-refractivity contribution in [3.05, 3.63) is 28.8 Å². The maximum atomic E-state index is 12.8. The molecule has 1 rings (SSSR count). The SMILES string of the molecule is Cc1cc(O)c(F)c(F)c1C=O. The molecule has 1 aromatic carbocycles. The van der Waals surface area contributed by atoms with E-state index in [1.807, 2.05) is 0 Å². The Labute approximate surface area is 67.4 Å². The Morgan fingerprint density at radius 2 is 2.00 bits per heavy atom. The molecule has 0 heterocycles. The number of aromatic hydroxyl groups is 1. The normalized spacial score (nSPS) is 9.92. The number of carbonyl (C=O) groups excluding carboxylic acids is 1. The molecule has 0 amide bonds. The minimum absolute atomic E-state index is 0.210. The van der Waals surface area contributed by atoms with Crippen LogP contribution in [0.15, 0.2) is 6.07 Å². The predicted octanol–water partition coefficient (Wildman–Crippen LogP) is 1.79. The Balaban J connectivity index is 3.51. The van der Waals surface area contributed by atoms with Crippen LogP contribution in [0, 0.1) is 18.6 Å². The Morgan fingerprint density at radius 3 is 2.50 bits per heavy atom. The molecule has 2 nitrogen and oxygen atoms in total. The second-order valence-corrected chi connectivity index (χ2v) is 2.37. The molecule has 4 heteroatoms. The third-order valence-electron chi connectivity index (χ3n) is 1.55. The summed E-state index contributed by atoms with van der Waals surface area (Å²) in [6, 6.07) is 1.00. The van der Waals surface area contributed by atoms with Crippen LogP contribution >= 0.6 is 0 Å². The number of aryl methyl sites for hydroxylation is 1. The first-order valence-electron chi connectivity index (χ1n) is 3.20. The van der Waals surface area contributed by atoms with Crippen LogP contribution in [0.25, 0.3) is 0 Å². The van der Waals surface area contributed by atoms with Crippen LogP contribution in [-0.4, -0.2) is 11.4 Å². The van der Waals surface area contributed by atoms with Gasteiger partial charge in [-0.05, 0) is 18.6 Å². The monoisotopic (exact) mass is 172 g/mol. The lowest BCUT2D eigenvalue weighted by molar-refractivity contribution is 0.111. The van der Waals surface area contributed by atoms with E-state index >= 15 is 0 Å². The first-order chi connectivity index (χ1) is 5.57. The van der Waals surface area contributed by atoms with Gasteiger partial charge in [0, 0.05) is 0 Å². The van der Waals surface area contributed by atoms with E-state index in [1.165, 1.54) is 6.92 Å². The van der Waals surface area contributed by atoms with E-state index in [0.29, 0.717) is 0 Å². The zero-order chi connectivity index (χ0) is 9.30. The van der Waals surface area contributed by atoms with Crippen molar-refractivity contribution < 1.29 is 18.7 Å². The van der Waals surface area contributed by atoms with Gasteiger partial charge in [0.15, 0.2) is 17.9 Å². The van der Waals surface area contributed by atoms with E-state index in [9.17, 15) is 13.6 Å². The molecule has 0 aliphatic rings. The second kappa shape index (κ2) is 2.89. The fourth-order valence-corrected chi connectivity index (χ4v) is 0.895. The molecule has 0 atom stereocenters. The summed E-state index contributed by atoms with van der Waals surface area (Å²) in [4.78, 5) is 10.2. The van der Waals surface area contributed by atoms with Crippen LogP contribution in [0.3, 0.4) is 0 Å². The molecule has 1 aromatic rings. The van der Waals surface area contributed by atoms with Gasteiger partial charge in [-0.2, -0.15) is 4.39 Å². The van der Waals surface area contributed by atoms with Crippen LogP contribution in [0.1, 0.15) is 15.9 Å². The Bertz CT molecular complexity index is 334. The van der Waals surface area contributed by atoms with Crippen molar-refractivity contribution in [3.63, 3.8) is 0 Å². The number of phenolic OH excluding ortho intramolecular Hbond substituents is 1. The molecular weight excluding hydrogens is 166 g/mol. The second-order valence-electron chi connectivity index (χ2n) is 2.37. The predicted molar refractivity (Wildman–Crippen MR) is 38.1 cm³/mol. The van der Waals surface area contributed by atoms with Crippen LogP contribution in [0.4, 0.5) is 8.78 Å². The molecule has 12 heavy (non-hydrogen) atoms. The van der Waals surface area contributed by atoms with Crippen molar-refractivity contribution in [2.45, 2.75) is 6.92 Å². The Hall–Kier alpha value is -1.45. The van der Waals surface area contributed by atoms with E-state index in [1.54, 1.807) is 0 Å². The molecule has 0 aromatic heterocycles. The van der Waals surface area contributed by atoms with Gasteiger partial charge in [0.1, 0.15) is 0 Å². The van der Waals surface area contributed by atoms with E-state index in [2.05, 4.69) is 0 Å². The first-order valence-corrected chi connectivity index (χ1v) is 3.20. The molecule has 0 saturated carbocycles. The summed E-state index contributed by atoms with van der Waals surface area (Å²) in [5.41, 5.74) is -0.147. The lowest BCUT2D eigenvalue weighted by Crippen LogP contribution is -1.96. The summed E-state index contributed by atoms with van der Waals surface area (Å²) in [5.74, 6) is -3.47. The molecule has 0 radical (unpaired) electrons. The summed E-state index contributed by atoms with van der Waals surface area (Å²) >= 11 is 0. The van der Waals surface area contributed by atoms with Crippen LogP contribution < -0.4 is 0 Å². The van der Waals surface area contributed by atoms with Gasteiger partial charge >= 0.3 is 0 Å². The topological polar surface area (TPSA) is 37.3 Å². The van der Waals surface area contributed by atoms with E-state index in [0.717, 1.165) is 6.07 Å². The van der Waals surface area contributed by atoms with Gasteiger partial charge in [-0.1, -0.05) is 0 Å². The highest BCUT2D eigenvalue weighted by atomic mass is 19.2. The standard InChI is InChI=1S/C8H6F2O2/c1-4-2-6(12)8(10)7(9)5(4)3-11/h2-3,12H,1H3. The Kier molecular flexibility index (Phi) is 2.08. The van der Waals surface area contributed by atoms with Crippen molar-refractivity contribution in [1.29, 1.82) is 0 Å². The summed E-state index contributed by atoms with van der Waals surface area (Å²) in [6.45, 7) is 1.41. The Morgan fingerprint density at radius 1 is 1.42 bits per heavy atom. The third kappa shape index (κ3) is 1.15. The van der Waals surface area contributed by atoms with Gasteiger partial charge in [0.25, 0.3) is 0 Å². The average Bonchev–Trinajstić information content (AvgIpc) is 2.01. The van der Waals surface area contributed by atoms with Gasteiger partial charge in [-0.15, -0.1) is 0 Å². The number of hydrogen-bond acceptors (Lipinski definition) is 2. The summed E-state index contributed by atoms with van der Waals surface area (Å²) in [6.07, 6.45) is 0.215. The molecule has 0 aliphatic heterocycles. The van der Waals surface area contributed by atoms with Gasteiger partial charge in [0.2, 0.25) is 5.82 Å². The molecule has 1 N–H and O–H groups in total. The van der Waals surface area contributed by atoms with Crippen molar-refractivity contribution in [2.24, 2.45) is 0 Å². The largest absolute Gasteiger partial charge is 0.505 e. The molecule has 0 unspecified atom stereocenters. The quantitative estimate of drug-likeness (QED) is 0.655. The van der Waals surface area contributed by atoms with Gasteiger partial charge in [-0.3, -0.25) is 4.79 Å². The van der Waals surface area contributed by atoms with Gasteiger partial charge in [0.05, 0.1) is 5.56 Å². The number of rotatable bonds is 1. The molecule has 0 saturated heterocycles. The lowest BCUT2D eigenvalue weighted by atomic mass is 10.1. The summed E-state index contributed by atoms with van der Waals surface area (Å²) < 4.78 is 25.3. The van der Waals surface area contributed by atoms with Gasteiger partial charge < -0.3 is 5.11 Å². The van der Waals surface area contributed by atoms with Crippen molar-refractivity contribution in [3.8, 4) is 5.75 Å². The third-order valence-corrected chi connectivity index (χ3v) is 1.55. The minimum Gasteiger partial charge on any atom is -0.505 e. The lowest BCUT2D eigenvalue weighted by Gasteiger charge is -2.02. The highest BCUT2D eigenvalue weighted by molar-refractivity contribution is 5.78. The molecule has 0 bridgehead atoms. The zero-order valence-corrected chi connectivity index (χ0v) is 6.27. The van der Waals surface area contributed by atoms with E-state index < -0.39 is 17.4 Å². The first kappa shape index (κ1) is 8.64. The molecule has 0 spiro atoms. The number of phenols is 1. The van der Waals surface area contributed by atoms with E-state index in [4.69, 9.17) is 5.11 Å². The van der Waals surface area contributed by atoms with Crippen LogP contribution in [0.5, 0.6) is 5.75 Å². The fourth-order valence-electron chi connectivity index (χ4n) is 0.895. The molecule has 64 valence electrons. The number of halogens is 2. The number of aldehydes is 1. The van der Waals surface area contributed by atoms with Crippen molar-refractivity contribution in [1.82, 2.24) is 0 Å². The molecule has 0 aliphatic carbocycles. The van der Waals surface area contributed by atoms with Crippen molar-refractivity contribution >= 4 is 6.29 Å². The highest BCUT2D eigenvalue weighted by Crippen LogP contribution is 2.23. The summed E-state index contributed by atoms with van der Waals surface area (Å²) in [7, 11) is 0. The van der Waals surface area contributed by atoms with Crippen LogP contribution in [0.2, 0.25) is 0 Å². The maximum Gasteiger partial charge on any atom is 0.201 e. The summed E-state index contributed by atoms with van der Waals surface area (Å²) in [5, 5.41) is 8.77. The zero-order valence-electron chi connectivity index (χ0n) is 6.27. The van der Waals surface area contributed by atoms with E-state index in [-0.39, 0.29) is 17.4 Å². The fraction of sp³-hybridized carbons (Fsp3) is 0.125. The average molecular weight is 172 g/mol. The number of hydrogen-bond donors (Lipinski definition) is 1. The molecular formula is C8H6F2O2. The number of benzene rings is 1. The van der Waals surface area contributed by atoms with Crippen molar-refractivity contribution in [2.75, 3.05) is 0 Å². The smallest absolute Gasteiger partial charge is 0.201 e. The number of carbonyl (C=O) groups is 1. The minimum atomic E-state index is -1.39. The van der Waals surface area contributed by atoms with Crippen LogP contribution in [-0.2, 0) is 0 Å². The molecule has 0 fully saturated rings. The maximum absolute atomic E-state index is 12.8. The van der Waals surface area contributed by atoms with Gasteiger partial charge in [-0.25, -0.2) is 4.39 Å².